The Hall–Kier alpha value is -0.980. The molecule has 1 aromatic carbocycles. The van der Waals surface area contributed by atoms with Gasteiger partial charge in [0.1, 0.15) is 0 Å². The lowest BCUT2D eigenvalue weighted by Crippen LogP contribution is -2.10. The predicted molar refractivity (Wildman–Crippen MR) is 59.1 cm³/mol. The minimum Gasteiger partial charge on any atom is -0.385 e. The Morgan fingerprint density at radius 1 is 1.31 bits per heavy atom. The van der Waals surface area contributed by atoms with Crippen molar-refractivity contribution in [2.75, 3.05) is 11.9 Å². The summed E-state index contributed by atoms with van der Waals surface area (Å²) in [7, 11) is 0. The molecule has 0 aromatic heterocycles. The molecule has 0 aliphatic rings. The van der Waals surface area contributed by atoms with Crippen LogP contribution >= 0.6 is 0 Å². The normalized spacial score (nSPS) is 12.5. The molecule has 1 N–H and O–H groups in total. The Kier molecular flexibility index (Phi) is 3.81. The highest BCUT2D eigenvalue weighted by Crippen LogP contribution is 2.14. The maximum absolute atomic E-state index is 3.46. The second-order valence-corrected chi connectivity index (χ2v) is 3.71. The molecule has 1 heteroatoms. The van der Waals surface area contributed by atoms with Crippen LogP contribution in [-0.2, 0) is 0 Å². The van der Waals surface area contributed by atoms with Crippen molar-refractivity contribution in [3.63, 3.8) is 0 Å². The van der Waals surface area contributed by atoms with Crippen molar-refractivity contribution in [2.24, 2.45) is 5.92 Å². The van der Waals surface area contributed by atoms with Crippen molar-refractivity contribution in [1.82, 2.24) is 0 Å². The molecule has 1 nitrogen and oxygen atoms in total. The molecule has 0 saturated carbocycles. The number of hydrogen-bond donors (Lipinski definition) is 1. The average Bonchev–Trinajstić information content (AvgIpc) is 2.16. The molecule has 0 heterocycles. The molecule has 0 fully saturated rings. The fourth-order valence-electron chi connectivity index (χ4n) is 1.20. The maximum atomic E-state index is 3.46. The highest BCUT2D eigenvalue weighted by Gasteiger charge is 1.99. The molecule has 13 heavy (non-hydrogen) atoms. The molecule has 0 spiro atoms. The van der Waals surface area contributed by atoms with E-state index in [1.54, 1.807) is 0 Å². The first-order valence-electron chi connectivity index (χ1n) is 5.03. The summed E-state index contributed by atoms with van der Waals surface area (Å²) in [6.45, 7) is 7.70. The van der Waals surface area contributed by atoms with Crippen molar-refractivity contribution in [2.45, 2.75) is 27.2 Å². The van der Waals surface area contributed by atoms with Gasteiger partial charge in [-0.05, 0) is 24.5 Å². The van der Waals surface area contributed by atoms with Gasteiger partial charge in [-0.2, -0.15) is 0 Å². The van der Waals surface area contributed by atoms with E-state index in [9.17, 15) is 0 Å². The van der Waals surface area contributed by atoms with Gasteiger partial charge in [-0.1, -0.05) is 38.5 Å². The van der Waals surface area contributed by atoms with Gasteiger partial charge in [-0.25, -0.2) is 0 Å². The van der Waals surface area contributed by atoms with Gasteiger partial charge in [0.05, 0.1) is 0 Å². The molecular formula is C12H19N. The molecule has 0 bridgehead atoms. The Morgan fingerprint density at radius 3 is 2.62 bits per heavy atom. The van der Waals surface area contributed by atoms with Crippen LogP contribution in [0.3, 0.4) is 0 Å². The number of para-hydroxylation sites is 1. The topological polar surface area (TPSA) is 12.0 Å². The van der Waals surface area contributed by atoms with Crippen molar-refractivity contribution in [3.8, 4) is 0 Å². The van der Waals surface area contributed by atoms with Crippen LogP contribution < -0.4 is 5.32 Å². The molecule has 0 radical (unpaired) electrons. The number of hydrogen-bond acceptors (Lipinski definition) is 1. The second kappa shape index (κ2) is 4.90. The van der Waals surface area contributed by atoms with Crippen LogP contribution in [0.25, 0.3) is 0 Å². The zero-order chi connectivity index (χ0) is 9.68. The molecule has 1 atom stereocenters. The number of rotatable bonds is 4. The molecule has 1 rings (SSSR count). The number of benzene rings is 1. The SMILES string of the molecule is CC[C@@H](C)CNc1ccccc1C. The highest BCUT2D eigenvalue weighted by molar-refractivity contribution is 5.50. The molecule has 0 saturated heterocycles. The molecule has 72 valence electrons. The molecule has 0 aliphatic carbocycles. The Labute approximate surface area is 81.2 Å². The first-order valence-corrected chi connectivity index (χ1v) is 5.03. The van der Waals surface area contributed by atoms with Gasteiger partial charge in [0, 0.05) is 12.2 Å². The third-order valence-corrected chi connectivity index (χ3v) is 2.48. The lowest BCUT2D eigenvalue weighted by atomic mass is 10.1. The quantitative estimate of drug-likeness (QED) is 0.742. The summed E-state index contributed by atoms with van der Waals surface area (Å²) in [6.07, 6.45) is 1.24. The average molecular weight is 177 g/mol. The standard InChI is InChI=1S/C12H19N/c1-4-10(2)9-13-12-8-6-5-7-11(12)3/h5-8,10,13H,4,9H2,1-3H3/t10-/m1/s1. The van der Waals surface area contributed by atoms with Crippen LogP contribution in [0.4, 0.5) is 5.69 Å². The second-order valence-electron chi connectivity index (χ2n) is 3.71. The summed E-state index contributed by atoms with van der Waals surface area (Å²) in [5.41, 5.74) is 2.59. The van der Waals surface area contributed by atoms with E-state index in [0.717, 1.165) is 12.5 Å². The van der Waals surface area contributed by atoms with Gasteiger partial charge in [0.2, 0.25) is 0 Å². The van der Waals surface area contributed by atoms with E-state index in [-0.39, 0.29) is 0 Å². The summed E-state index contributed by atoms with van der Waals surface area (Å²) in [5, 5.41) is 3.46. The Morgan fingerprint density at radius 2 is 2.00 bits per heavy atom. The zero-order valence-electron chi connectivity index (χ0n) is 8.80. The van der Waals surface area contributed by atoms with Crippen LogP contribution in [0.15, 0.2) is 24.3 Å². The fourth-order valence-corrected chi connectivity index (χ4v) is 1.20. The van der Waals surface area contributed by atoms with Crippen LogP contribution in [0.1, 0.15) is 25.8 Å². The van der Waals surface area contributed by atoms with Gasteiger partial charge in [-0.15, -0.1) is 0 Å². The Bertz CT molecular complexity index is 255. The predicted octanol–water partition coefficient (Wildman–Crippen LogP) is 3.45. The molecule has 0 amide bonds. The molecular weight excluding hydrogens is 158 g/mol. The van der Waals surface area contributed by atoms with E-state index >= 15 is 0 Å². The zero-order valence-corrected chi connectivity index (χ0v) is 8.80. The fraction of sp³-hybridized carbons (Fsp3) is 0.500. The molecule has 1 aromatic rings. The summed E-state index contributed by atoms with van der Waals surface area (Å²) < 4.78 is 0. The van der Waals surface area contributed by atoms with E-state index in [2.05, 4.69) is 50.4 Å². The largest absolute Gasteiger partial charge is 0.385 e. The minimum absolute atomic E-state index is 0.750. The van der Waals surface area contributed by atoms with Crippen molar-refractivity contribution < 1.29 is 0 Å². The van der Waals surface area contributed by atoms with Crippen LogP contribution in [0, 0.1) is 12.8 Å². The summed E-state index contributed by atoms with van der Waals surface area (Å²) in [5.74, 6) is 0.750. The summed E-state index contributed by atoms with van der Waals surface area (Å²) in [6, 6.07) is 8.42. The van der Waals surface area contributed by atoms with Gasteiger partial charge in [0.25, 0.3) is 0 Å². The first kappa shape index (κ1) is 10.1. The molecule has 0 aliphatic heterocycles. The van der Waals surface area contributed by atoms with Crippen LogP contribution in [0.5, 0.6) is 0 Å². The third-order valence-electron chi connectivity index (χ3n) is 2.48. The van der Waals surface area contributed by atoms with Gasteiger partial charge >= 0.3 is 0 Å². The van der Waals surface area contributed by atoms with E-state index in [0.29, 0.717) is 0 Å². The maximum Gasteiger partial charge on any atom is 0.0369 e. The van der Waals surface area contributed by atoms with E-state index < -0.39 is 0 Å². The van der Waals surface area contributed by atoms with Crippen LogP contribution in [-0.4, -0.2) is 6.54 Å². The van der Waals surface area contributed by atoms with E-state index in [1.807, 2.05) is 0 Å². The number of anilines is 1. The monoisotopic (exact) mass is 177 g/mol. The Balaban J connectivity index is 2.50. The number of aryl methyl sites for hydroxylation is 1. The van der Waals surface area contributed by atoms with Crippen molar-refractivity contribution in [1.29, 1.82) is 0 Å². The van der Waals surface area contributed by atoms with Gasteiger partial charge < -0.3 is 5.32 Å². The third kappa shape index (κ3) is 3.10. The summed E-state index contributed by atoms with van der Waals surface area (Å²) in [4.78, 5) is 0. The number of nitrogens with one attached hydrogen (secondary N) is 1. The van der Waals surface area contributed by atoms with E-state index in [4.69, 9.17) is 0 Å². The lowest BCUT2D eigenvalue weighted by molar-refractivity contribution is 0.593. The lowest BCUT2D eigenvalue weighted by Gasteiger charge is -2.12. The smallest absolute Gasteiger partial charge is 0.0369 e. The first-order chi connectivity index (χ1) is 6.24. The van der Waals surface area contributed by atoms with Crippen molar-refractivity contribution in [3.05, 3.63) is 29.8 Å². The molecule has 0 unspecified atom stereocenters. The van der Waals surface area contributed by atoms with Crippen LogP contribution in [0.2, 0.25) is 0 Å². The van der Waals surface area contributed by atoms with Gasteiger partial charge in [0.15, 0.2) is 0 Å². The summed E-state index contributed by atoms with van der Waals surface area (Å²) >= 11 is 0. The van der Waals surface area contributed by atoms with E-state index in [1.165, 1.54) is 17.7 Å². The van der Waals surface area contributed by atoms with Crippen molar-refractivity contribution >= 4 is 5.69 Å². The highest BCUT2D eigenvalue weighted by atomic mass is 14.9. The van der Waals surface area contributed by atoms with Gasteiger partial charge in [-0.3, -0.25) is 0 Å². The minimum atomic E-state index is 0.750.